The first-order valence-corrected chi connectivity index (χ1v) is 8.69. The van der Waals surface area contributed by atoms with Crippen molar-refractivity contribution in [2.45, 2.75) is 13.0 Å². The Bertz CT molecular complexity index is 884. The molecule has 0 unspecified atom stereocenters. The first-order valence-electron chi connectivity index (χ1n) is 8.69. The van der Waals surface area contributed by atoms with Crippen molar-refractivity contribution in [1.82, 2.24) is 29.8 Å². The van der Waals surface area contributed by atoms with Crippen molar-refractivity contribution in [1.29, 1.82) is 0 Å². The average Bonchev–Trinajstić information content (AvgIpc) is 3.25. The Hall–Kier alpha value is -3.16. The van der Waals surface area contributed by atoms with Crippen molar-refractivity contribution in [3.63, 3.8) is 0 Å². The van der Waals surface area contributed by atoms with Crippen LogP contribution in [0.1, 0.15) is 16.9 Å². The number of carbonyl (C=O) groups is 2. The van der Waals surface area contributed by atoms with Gasteiger partial charge in [0.15, 0.2) is 0 Å². The van der Waals surface area contributed by atoms with E-state index < -0.39 is 0 Å². The molecule has 1 fully saturated rings. The van der Waals surface area contributed by atoms with E-state index >= 15 is 0 Å². The van der Waals surface area contributed by atoms with Crippen LogP contribution < -0.4 is 0 Å². The molecule has 1 aromatic carbocycles. The Morgan fingerprint density at radius 3 is 2.65 bits per heavy atom. The molecule has 3 heterocycles. The molecule has 0 radical (unpaired) electrons. The van der Waals surface area contributed by atoms with Gasteiger partial charge in [0.05, 0.1) is 5.52 Å². The predicted octanol–water partition coefficient (Wildman–Crippen LogP) is 1.13. The molecular formula is C18H20N6O2. The van der Waals surface area contributed by atoms with Gasteiger partial charge >= 0.3 is 0 Å². The first-order chi connectivity index (χ1) is 12.7. The molecule has 0 atom stereocenters. The average molecular weight is 352 g/mol. The van der Waals surface area contributed by atoms with Crippen molar-refractivity contribution in [2.75, 3.05) is 26.2 Å². The third-order valence-corrected chi connectivity index (χ3v) is 4.63. The number of amides is 2. The fraction of sp³-hybridized carbons (Fsp3) is 0.333. The number of fused-ring (bicyclic) bond motifs is 1. The number of aromatic amines is 1. The summed E-state index contributed by atoms with van der Waals surface area (Å²) in [5, 5.41) is 12.0. The number of rotatable bonds is 3. The van der Waals surface area contributed by atoms with E-state index in [0.717, 1.165) is 17.3 Å². The molecule has 8 nitrogen and oxygen atoms in total. The zero-order valence-corrected chi connectivity index (χ0v) is 14.3. The molecule has 1 aliphatic heterocycles. The van der Waals surface area contributed by atoms with Gasteiger partial charge in [0.1, 0.15) is 12.2 Å². The summed E-state index contributed by atoms with van der Waals surface area (Å²) in [6.07, 6.45) is 4.21. The van der Waals surface area contributed by atoms with Crippen molar-refractivity contribution in [3.8, 4) is 0 Å². The largest absolute Gasteiger partial charge is 0.339 e. The monoisotopic (exact) mass is 352 g/mol. The van der Waals surface area contributed by atoms with Gasteiger partial charge in [-0.15, -0.1) is 0 Å². The number of benzene rings is 1. The van der Waals surface area contributed by atoms with Gasteiger partial charge in [-0.25, -0.2) is 0 Å². The van der Waals surface area contributed by atoms with Gasteiger partial charge in [-0.05, 0) is 18.6 Å². The molecule has 1 N–H and O–H groups in total. The highest BCUT2D eigenvalue weighted by atomic mass is 16.2. The number of nitrogens with zero attached hydrogens (tertiary/aromatic N) is 5. The fourth-order valence-corrected chi connectivity index (χ4v) is 3.25. The molecule has 0 saturated carbocycles. The van der Waals surface area contributed by atoms with Crippen molar-refractivity contribution in [3.05, 3.63) is 48.4 Å². The van der Waals surface area contributed by atoms with Crippen LogP contribution in [0.15, 0.2) is 42.7 Å². The van der Waals surface area contributed by atoms with Crippen LogP contribution in [0.2, 0.25) is 0 Å². The van der Waals surface area contributed by atoms with Crippen LogP contribution >= 0.6 is 0 Å². The van der Waals surface area contributed by atoms with E-state index in [1.807, 2.05) is 35.4 Å². The van der Waals surface area contributed by atoms with Gasteiger partial charge in [0, 0.05) is 44.0 Å². The lowest BCUT2D eigenvalue weighted by Crippen LogP contribution is -2.38. The van der Waals surface area contributed by atoms with Crippen molar-refractivity contribution in [2.24, 2.45) is 0 Å². The Morgan fingerprint density at radius 2 is 1.85 bits per heavy atom. The summed E-state index contributed by atoms with van der Waals surface area (Å²) in [5.41, 5.74) is 1.36. The molecular weight excluding hydrogens is 332 g/mol. The van der Waals surface area contributed by atoms with Gasteiger partial charge in [-0.3, -0.25) is 19.4 Å². The minimum atomic E-state index is -0.0740. The second kappa shape index (κ2) is 6.99. The highest BCUT2D eigenvalue weighted by Crippen LogP contribution is 2.12. The number of aromatic nitrogens is 4. The van der Waals surface area contributed by atoms with Gasteiger partial charge in [-0.1, -0.05) is 18.2 Å². The van der Waals surface area contributed by atoms with Crippen LogP contribution in [-0.2, 0) is 11.3 Å². The number of carbonyl (C=O) groups excluding carboxylic acids is 2. The lowest BCUT2D eigenvalue weighted by molar-refractivity contribution is -0.131. The number of H-pyrrole nitrogens is 1. The lowest BCUT2D eigenvalue weighted by Gasteiger charge is -2.21. The SMILES string of the molecule is O=C(Cn1cc2ccccc2n1)N1CCCN(C(=O)c2ccn[nH]2)CC1. The molecule has 2 aromatic heterocycles. The minimum absolute atomic E-state index is 0.0219. The lowest BCUT2D eigenvalue weighted by atomic mass is 10.3. The van der Waals surface area contributed by atoms with Crippen LogP contribution in [0, 0.1) is 0 Å². The topological polar surface area (TPSA) is 87.1 Å². The minimum Gasteiger partial charge on any atom is -0.339 e. The Balaban J connectivity index is 1.38. The Kier molecular flexibility index (Phi) is 4.39. The molecule has 3 aromatic rings. The Morgan fingerprint density at radius 1 is 1.04 bits per heavy atom. The van der Waals surface area contributed by atoms with Gasteiger partial charge in [0.25, 0.3) is 5.91 Å². The van der Waals surface area contributed by atoms with Crippen LogP contribution in [0.5, 0.6) is 0 Å². The normalized spacial score (nSPS) is 15.2. The summed E-state index contributed by atoms with van der Waals surface area (Å²) in [6, 6.07) is 9.46. The highest BCUT2D eigenvalue weighted by molar-refractivity contribution is 5.92. The van der Waals surface area contributed by atoms with Crippen LogP contribution in [-0.4, -0.2) is 67.8 Å². The molecule has 134 valence electrons. The van der Waals surface area contributed by atoms with Crippen LogP contribution in [0.3, 0.4) is 0 Å². The Labute approximate surface area is 150 Å². The van der Waals surface area contributed by atoms with Crippen molar-refractivity contribution < 1.29 is 9.59 Å². The van der Waals surface area contributed by atoms with E-state index in [2.05, 4.69) is 15.3 Å². The zero-order valence-electron chi connectivity index (χ0n) is 14.3. The van der Waals surface area contributed by atoms with Crippen LogP contribution in [0.4, 0.5) is 0 Å². The number of hydrogen-bond donors (Lipinski definition) is 1. The summed E-state index contributed by atoms with van der Waals surface area (Å²) in [6.45, 7) is 2.53. The molecule has 0 bridgehead atoms. The summed E-state index contributed by atoms with van der Waals surface area (Å²) < 4.78 is 1.69. The molecule has 4 rings (SSSR count). The van der Waals surface area contributed by atoms with E-state index in [-0.39, 0.29) is 18.4 Å². The summed E-state index contributed by atoms with van der Waals surface area (Å²) in [4.78, 5) is 28.6. The maximum Gasteiger partial charge on any atom is 0.271 e. The molecule has 8 heteroatoms. The molecule has 1 aliphatic rings. The highest BCUT2D eigenvalue weighted by Gasteiger charge is 2.23. The van der Waals surface area contributed by atoms with Gasteiger partial charge in [0.2, 0.25) is 5.91 Å². The van der Waals surface area contributed by atoms with E-state index in [1.165, 1.54) is 0 Å². The predicted molar refractivity (Wildman–Crippen MR) is 95.4 cm³/mol. The van der Waals surface area contributed by atoms with E-state index in [9.17, 15) is 9.59 Å². The molecule has 2 amide bonds. The second-order valence-electron chi connectivity index (χ2n) is 6.38. The fourth-order valence-electron chi connectivity index (χ4n) is 3.25. The summed E-state index contributed by atoms with van der Waals surface area (Å²) >= 11 is 0. The van der Waals surface area contributed by atoms with Gasteiger partial charge < -0.3 is 9.80 Å². The molecule has 0 aliphatic carbocycles. The maximum atomic E-state index is 12.6. The summed E-state index contributed by atoms with van der Waals surface area (Å²) in [7, 11) is 0. The quantitative estimate of drug-likeness (QED) is 0.766. The van der Waals surface area contributed by atoms with E-state index in [4.69, 9.17) is 0 Å². The molecule has 1 saturated heterocycles. The molecule has 26 heavy (non-hydrogen) atoms. The molecule has 0 spiro atoms. The van der Waals surface area contributed by atoms with E-state index in [0.29, 0.717) is 31.9 Å². The zero-order chi connectivity index (χ0) is 17.9. The smallest absolute Gasteiger partial charge is 0.271 e. The van der Waals surface area contributed by atoms with Crippen molar-refractivity contribution >= 4 is 22.7 Å². The first kappa shape index (κ1) is 16.3. The maximum absolute atomic E-state index is 12.6. The third-order valence-electron chi connectivity index (χ3n) is 4.63. The van der Waals surface area contributed by atoms with E-state index in [1.54, 1.807) is 21.8 Å². The van der Waals surface area contributed by atoms with Crippen LogP contribution in [0.25, 0.3) is 10.9 Å². The number of hydrogen-bond acceptors (Lipinski definition) is 4. The number of nitrogens with one attached hydrogen (secondary N) is 1. The summed E-state index contributed by atoms with van der Waals surface area (Å²) in [5.74, 6) is -0.0521. The second-order valence-corrected chi connectivity index (χ2v) is 6.38. The van der Waals surface area contributed by atoms with Gasteiger partial charge in [-0.2, -0.15) is 10.2 Å². The standard InChI is InChI=1S/C18H20N6O2/c25-17(13-24-12-14-4-1-2-5-15(14)21-24)22-8-3-9-23(11-10-22)18(26)16-6-7-19-20-16/h1-2,4-7,12H,3,8-11,13H2,(H,19,20). The third kappa shape index (κ3) is 3.30.